The lowest BCUT2D eigenvalue weighted by atomic mass is 10.1. The van der Waals surface area contributed by atoms with Crippen LogP contribution in [0.5, 0.6) is 17.2 Å². The molecule has 0 aromatic heterocycles. The highest BCUT2D eigenvalue weighted by atomic mass is 19.1. The summed E-state index contributed by atoms with van der Waals surface area (Å²) in [4.78, 5) is 0. The molecule has 0 aliphatic carbocycles. The Morgan fingerprint density at radius 3 is 2.76 bits per heavy atom. The normalized spacial score (nSPS) is 13.9. The number of methoxy groups -OCH3 is 1. The summed E-state index contributed by atoms with van der Waals surface area (Å²) in [5, 5.41) is 3.31. The molecule has 2 aromatic rings. The Morgan fingerprint density at radius 2 is 1.95 bits per heavy atom. The molecule has 1 atom stereocenters. The van der Waals surface area contributed by atoms with Crippen molar-refractivity contribution in [1.29, 1.82) is 0 Å². The Balaban J connectivity index is 1.78. The Morgan fingerprint density at radius 1 is 1.14 bits per heavy atom. The van der Waals surface area contributed by atoms with Crippen LogP contribution in [0.25, 0.3) is 0 Å². The number of hydrogen-bond acceptors (Lipinski definition) is 4. The lowest BCUT2D eigenvalue weighted by molar-refractivity contribution is 0.174. The number of halogens is 1. The molecule has 0 bridgehead atoms. The maximum absolute atomic E-state index is 13.4. The maximum atomic E-state index is 13.4. The summed E-state index contributed by atoms with van der Waals surface area (Å²) < 4.78 is 29.0. The van der Waals surface area contributed by atoms with Crippen LogP contribution in [0.1, 0.15) is 18.5 Å². The molecule has 0 spiro atoms. The van der Waals surface area contributed by atoms with Gasteiger partial charge in [0.05, 0.1) is 7.11 Å². The minimum absolute atomic E-state index is 0.0367. The molecule has 5 heteroatoms. The molecule has 3 rings (SSSR count). The molecule has 21 heavy (non-hydrogen) atoms. The third-order valence-corrected chi connectivity index (χ3v) is 3.43. The van der Waals surface area contributed by atoms with Crippen molar-refractivity contribution in [3.8, 4) is 17.2 Å². The average molecular weight is 289 g/mol. The van der Waals surface area contributed by atoms with E-state index in [9.17, 15) is 4.39 Å². The molecule has 1 aliphatic heterocycles. The molecule has 1 N–H and O–H groups in total. The van der Waals surface area contributed by atoms with Gasteiger partial charge in [0.25, 0.3) is 0 Å². The van der Waals surface area contributed by atoms with E-state index in [0.717, 1.165) is 22.7 Å². The predicted octanol–water partition coefficient (Wildman–Crippen LogP) is 3.74. The largest absolute Gasteiger partial charge is 0.494 e. The van der Waals surface area contributed by atoms with Crippen molar-refractivity contribution < 1.29 is 18.6 Å². The smallest absolute Gasteiger partial charge is 0.231 e. The third-order valence-electron chi connectivity index (χ3n) is 3.43. The van der Waals surface area contributed by atoms with E-state index >= 15 is 0 Å². The van der Waals surface area contributed by atoms with Crippen molar-refractivity contribution in [2.75, 3.05) is 19.2 Å². The Hall–Kier alpha value is -2.43. The summed E-state index contributed by atoms with van der Waals surface area (Å²) in [6.45, 7) is 2.28. The minimum atomic E-state index is -0.376. The van der Waals surface area contributed by atoms with Gasteiger partial charge in [-0.05, 0) is 36.8 Å². The van der Waals surface area contributed by atoms with Crippen LogP contribution in [0.2, 0.25) is 0 Å². The van der Waals surface area contributed by atoms with Crippen LogP contribution in [0.3, 0.4) is 0 Å². The number of rotatable bonds is 4. The van der Waals surface area contributed by atoms with E-state index in [0.29, 0.717) is 0 Å². The highest BCUT2D eigenvalue weighted by molar-refractivity contribution is 5.52. The van der Waals surface area contributed by atoms with E-state index in [2.05, 4.69) is 5.32 Å². The van der Waals surface area contributed by atoms with Gasteiger partial charge in [-0.3, -0.25) is 0 Å². The Labute approximate surface area is 122 Å². The highest BCUT2D eigenvalue weighted by Crippen LogP contribution is 2.35. The van der Waals surface area contributed by atoms with Gasteiger partial charge < -0.3 is 19.5 Å². The summed E-state index contributed by atoms with van der Waals surface area (Å²) in [7, 11) is 1.45. The van der Waals surface area contributed by atoms with Gasteiger partial charge in [0, 0.05) is 17.8 Å². The molecule has 110 valence electrons. The highest BCUT2D eigenvalue weighted by Gasteiger charge is 2.16. The van der Waals surface area contributed by atoms with Crippen LogP contribution in [0.15, 0.2) is 36.4 Å². The summed E-state index contributed by atoms with van der Waals surface area (Å²) in [6, 6.07) is 10.6. The molecule has 0 fully saturated rings. The third kappa shape index (κ3) is 2.72. The van der Waals surface area contributed by atoms with Gasteiger partial charge in [-0.25, -0.2) is 4.39 Å². The van der Waals surface area contributed by atoms with E-state index in [4.69, 9.17) is 14.2 Å². The Bertz CT molecular complexity index is 660. The monoisotopic (exact) mass is 289 g/mol. The first-order valence-corrected chi connectivity index (χ1v) is 6.67. The van der Waals surface area contributed by atoms with Crippen molar-refractivity contribution in [3.63, 3.8) is 0 Å². The first-order chi connectivity index (χ1) is 10.2. The van der Waals surface area contributed by atoms with Gasteiger partial charge in [-0.1, -0.05) is 6.07 Å². The second-order valence-electron chi connectivity index (χ2n) is 4.83. The van der Waals surface area contributed by atoms with Gasteiger partial charge in [-0.15, -0.1) is 0 Å². The van der Waals surface area contributed by atoms with Gasteiger partial charge in [0.1, 0.15) is 0 Å². The molecule has 1 aliphatic rings. The molecule has 2 aromatic carbocycles. The first kappa shape index (κ1) is 13.5. The molecular weight excluding hydrogens is 273 g/mol. The van der Waals surface area contributed by atoms with E-state index < -0.39 is 0 Å². The van der Waals surface area contributed by atoms with Crippen molar-refractivity contribution in [2.24, 2.45) is 0 Å². The standard InChI is InChI=1S/C16H16FNO3/c1-10(11-3-6-14-16(7-11)21-9-20-14)18-12-4-5-13(17)15(8-12)19-2/h3-8,10,18H,9H2,1-2H3. The van der Waals surface area contributed by atoms with Gasteiger partial charge in [0.2, 0.25) is 6.79 Å². The second-order valence-corrected chi connectivity index (χ2v) is 4.83. The molecule has 1 heterocycles. The van der Waals surface area contributed by atoms with Crippen LogP contribution in [0.4, 0.5) is 10.1 Å². The summed E-state index contributed by atoms with van der Waals surface area (Å²) in [6.07, 6.45) is 0. The number of fused-ring (bicyclic) bond motifs is 1. The van der Waals surface area contributed by atoms with Gasteiger partial charge in [0.15, 0.2) is 23.1 Å². The summed E-state index contributed by atoms with van der Waals surface area (Å²) in [5.74, 6) is 1.35. The molecule has 0 saturated carbocycles. The number of ether oxygens (including phenoxy) is 3. The van der Waals surface area contributed by atoms with Crippen molar-refractivity contribution in [1.82, 2.24) is 0 Å². The van der Waals surface area contributed by atoms with Crippen LogP contribution in [-0.4, -0.2) is 13.9 Å². The van der Waals surface area contributed by atoms with Crippen molar-refractivity contribution >= 4 is 5.69 Å². The Kier molecular flexibility index (Phi) is 3.56. The maximum Gasteiger partial charge on any atom is 0.231 e. The van der Waals surface area contributed by atoms with E-state index in [1.807, 2.05) is 25.1 Å². The molecule has 1 unspecified atom stereocenters. The van der Waals surface area contributed by atoms with E-state index in [-0.39, 0.29) is 24.4 Å². The fourth-order valence-corrected chi connectivity index (χ4v) is 2.27. The first-order valence-electron chi connectivity index (χ1n) is 6.67. The minimum Gasteiger partial charge on any atom is -0.494 e. The number of anilines is 1. The number of hydrogen-bond donors (Lipinski definition) is 1. The fourth-order valence-electron chi connectivity index (χ4n) is 2.27. The predicted molar refractivity (Wildman–Crippen MR) is 77.6 cm³/mol. The molecule has 4 nitrogen and oxygen atoms in total. The zero-order valence-electron chi connectivity index (χ0n) is 11.9. The zero-order chi connectivity index (χ0) is 14.8. The molecule has 0 amide bonds. The second kappa shape index (κ2) is 5.52. The quantitative estimate of drug-likeness (QED) is 0.931. The lowest BCUT2D eigenvalue weighted by Gasteiger charge is -2.17. The molecule has 0 radical (unpaired) electrons. The van der Waals surface area contributed by atoms with Crippen molar-refractivity contribution in [2.45, 2.75) is 13.0 Å². The number of benzene rings is 2. The summed E-state index contributed by atoms with van der Waals surface area (Å²) in [5.41, 5.74) is 1.85. The lowest BCUT2D eigenvalue weighted by Crippen LogP contribution is -2.06. The zero-order valence-corrected chi connectivity index (χ0v) is 11.9. The molecular formula is C16H16FNO3. The molecule has 0 saturated heterocycles. The van der Waals surface area contributed by atoms with Crippen LogP contribution in [0, 0.1) is 5.82 Å². The van der Waals surface area contributed by atoms with Crippen LogP contribution >= 0.6 is 0 Å². The number of nitrogens with one attached hydrogen (secondary N) is 1. The van der Waals surface area contributed by atoms with Crippen molar-refractivity contribution in [3.05, 3.63) is 47.8 Å². The van der Waals surface area contributed by atoms with Crippen LogP contribution < -0.4 is 19.5 Å². The van der Waals surface area contributed by atoms with Gasteiger partial charge >= 0.3 is 0 Å². The van der Waals surface area contributed by atoms with Gasteiger partial charge in [-0.2, -0.15) is 0 Å². The van der Waals surface area contributed by atoms with E-state index in [1.54, 1.807) is 12.1 Å². The van der Waals surface area contributed by atoms with E-state index in [1.165, 1.54) is 13.2 Å². The fraction of sp³-hybridized carbons (Fsp3) is 0.250. The summed E-state index contributed by atoms with van der Waals surface area (Å²) >= 11 is 0. The SMILES string of the molecule is COc1cc(NC(C)c2ccc3c(c2)OCO3)ccc1F. The van der Waals surface area contributed by atoms with Crippen LogP contribution in [-0.2, 0) is 0 Å². The topological polar surface area (TPSA) is 39.7 Å². The average Bonchev–Trinajstić information content (AvgIpc) is 2.96.